The van der Waals surface area contributed by atoms with E-state index in [0.717, 1.165) is 5.56 Å². The van der Waals surface area contributed by atoms with Gasteiger partial charge in [-0.25, -0.2) is 0 Å². The first-order chi connectivity index (χ1) is 12.5. The number of carbonyl (C=O) groups excluding carboxylic acids is 2. The summed E-state index contributed by atoms with van der Waals surface area (Å²) >= 11 is 5.98. The number of carbonyl (C=O) groups is 2. The molecule has 6 nitrogen and oxygen atoms in total. The Balaban J connectivity index is 2.17. The van der Waals surface area contributed by atoms with Gasteiger partial charge in [-0.2, -0.15) is 0 Å². The third-order valence-corrected chi connectivity index (χ3v) is 3.74. The highest BCUT2D eigenvalue weighted by Gasteiger charge is 2.12. The Morgan fingerprint density at radius 1 is 1.19 bits per heavy atom. The topological polar surface area (TPSA) is 93.5 Å². The molecule has 2 rings (SSSR count). The monoisotopic (exact) mass is 375 g/mol. The molecule has 0 aliphatic heterocycles. The van der Waals surface area contributed by atoms with Crippen molar-refractivity contribution < 1.29 is 14.3 Å². The van der Waals surface area contributed by atoms with Crippen LogP contribution in [0.15, 0.2) is 42.5 Å². The maximum absolute atomic E-state index is 12.2. The molecule has 0 fully saturated rings. The Hall–Kier alpha value is -2.57. The fourth-order valence-corrected chi connectivity index (χ4v) is 2.48. The van der Waals surface area contributed by atoms with E-state index in [2.05, 4.69) is 10.6 Å². The molecule has 0 saturated carbocycles. The van der Waals surface area contributed by atoms with E-state index in [0.29, 0.717) is 41.5 Å². The second-order valence-electron chi connectivity index (χ2n) is 5.71. The predicted molar refractivity (Wildman–Crippen MR) is 103 cm³/mol. The van der Waals surface area contributed by atoms with Crippen molar-refractivity contribution >= 4 is 29.1 Å². The van der Waals surface area contributed by atoms with Crippen LogP contribution in [0, 0.1) is 0 Å². The van der Waals surface area contributed by atoms with Crippen LogP contribution in [0.2, 0.25) is 5.02 Å². The molecular weight excluding hydrogens is 354 g/mol. The van der Waals surface area contributed by atoms with Crippen molar-refractivity contribution in [2.24, 2.45) is 5.73 Å². The highest BCUT2D eigenvalue weighted by atomic mass is 35.5. The minimum atomic E-state index is -0.224. The summed E-state index contributed by atoms with van der Waals surface area (Å²) in [6, 6.07) is 12.2. The molecule has 2 aromatic carbocycles. The number of hydrogen-bond donors (Lipinski definition) is 3. The minimum Gasteiger partial charge on any atom is -0.487 e. The van der Waals surface area contributed by atoms with Crippen molar-refractivity contribution in [3.8, 4) is 5.75 Å². The number of nitrogens with one attached hydrogen (secondary N) is 2. The van der Waals surface area contributed by atoms with Crippen LogP contribution in [0.1, 0.15) is 29.3 Å². The number of benzene rings is 2. The molecule has 26 heavy (non-hydrogen) atoms. The normalized spacial score (nSPS) is 10.3. The van der Waals surface area contributed by atoms with Crippen molar-refractivity contribution in [1.82, 2.24) is 5.32 Å². The van der Waals surface area contributed by atoms with Crippen LogP contribution in [-0.4, -0.2) is 24.9 Å². The molecule has 2 aromatic rings. The van der Waals surface area contributed by atoms with Gasteiger partial charge in [-0.1, -0.05) is 23.7 Å². The molecule has 0 unspecified atom stereocenters. The standard InChI is InChI=1S/C19H22ClN3O3/c1-13(24)23-17-7-6-15(19(25)22-9-3-8-21)11-18(17)26-12-14-4-2-5-16(20)10-14/h2,4-7,10-11H,3,8-9,12,21H2,1H3,(H,22,25)(H,23,24). The first-order valence-electron chi connectivity index (χ1n) is 8.26. The van der Waals surface area contributed by atoms with Gasteiger partial charge in [0.15, 0.2) is 0 Å². The zero-order valence-electron chi connectivity index (χ0n) is 14.5. The number of hydrogen-bond acceptors (Lipinski definition) is 4. The highest BCUT2D eigenvalue weighted by molar-refractivity contribution is 6.30. The Kier molecular flexibility index (Phi) is 7.44. The summed E-state index contributed by atoms with van der Waals surface area (Å²) in [4.78, 5) is 23.6. The van der Waals surface area contributed by atoms with Gasteiger partial charge in [0, 0.05) is 24.1 Å². The molecule has 0 aliphatic rings. The number of halogens is 1. The van der Waals surface area contributed by atoms with Gasteiger partial charge in [0.25, 0.3) is 5.91 Å². The first kappa shape index (κ1) is 19.8. The third-order valence-electron chi connectivity index (χ3n) is 3.50. The lowest BCUT2D eigenvalue weighted by atomic mass is 10.1. The second-order valence-corrected chi connectivity index (χ2v) is 6.15. The second kappa shape index (κ2) is 9.79. The van der Waals surface area contributed by atoms with E-state index < -0.39 is 0 Å². The van der Waals surface area contributed by atoms with Gasteiger partial charge in [-0.15, -0.1) is 0 Å². The maximum atomic E-state index is 12.2. The minimum absolute atomic E-state index is 0.222. The molecule has 0 spiro atoms. The molecule has 0 atom stereocenters. The summed E-state index contributed by atoms with van der Waals surface area (Å²) in [7, 11) is 0. The van der Waals surface area contributed by atoms with Crippen LogP contribution < -0.4 is 21.1 Å². The van der Waals surface area contributed by atoms with Gasteiger partial charge in [0.05, 0.1) is 5.69 Å². The summed E-state index contributed by atoms with van der Waals surface area (Å²) in [6.45, 7) is 2.68. The van der Waals surface area contributed by atoms with Gasteiger partial charge in [-0.3, -0.25) is 9.59 Å². The Bertz CT molecular complexity index is 780. The predicted octanol–water partition coefficient (Wildman–Crippen LogP) is 2.96. The van der Waals surface area contributed by atoms with E-state index in [1.54, 1.807) is 30.3 Å². The van der Waals surface area contributed by atoms with Crippen molar-refractivity contribution in [3.63, 3.8) is 0 Å². The fraction of sp³-hybridized carbons (Fsp3) is 0.263. The smallest absolute Gasteiger partial charge is 0.251 e. The molecule has 0 bridgehead atoms. The Morgan fingerprint density at radius 3 is 2.69 bits per heavy atom. The lowest BCUT2D eigenvalue weighted by Gasteiger charge is -2.14. The molecule has 0 aliphatic carbocycles. The van der Waals surface area contributed by atoms with Crippen LogP contribution in [-0.2, 0) is 11.4 Å². The van der Waals surface area contributed by atoms with E-state index in [1.807, 2.05) is 12.1 Å². The van der Waals surface area contributed by atoms with E-state index in [9.17, 15) is 9.59 Å². The Morgan fingerprint density at radius 2 is 2.00 bits per heavy atom. The van der Waals surface area contributed by atoms with Crippen LogP contribution in [0.3, 0.4) is 0 Å². The van der Waals surface area contributed by atoms with Gasteiger partial charge >= 0.3 is 0 Å². The van der Waals surface area contributed by atoms with Crippen LogP contribution in [0.25, 0.3) is 0 Å². The molecular formula is C19H22ClN3O3. The Labute approximate surface area is 157 Å². The largest absolute Gasteiger partial charge is 0.487 e. The van der Waals surface area contributed by atoms with Gasteiger partial charge in [-0.05, 0) is 48.9 Å². The van der Waals surface area contributed by atoms with E-state index in [1.165, 1.54) is 6.92 Å². The molecule has 4 N–H and O–H groups in total. The summed E-state index contributed by atoms with van der Waals surface area (Å²) in [5, 5.41) is 6.10. The van der Waals surface area contributed by atoms with Crippen molar-refractivity contribution in [2.75, 3.05) is 18.4 Å². The van der Waals surface area contributed by atoms with E-state index in [-0.39, 0.29) is 18.4 Å². The third kappa shape index (κ3) is 6.06. The molecule has 7 heteroatoms. The molecule has 138 valence electrons. The number of rotatable bonds is 8. The molecule has 0 saturated heterocycles. The van der Waals surface area contributed by atoms with Gasteiger partial charge in [0.2, 0.25) is 5.91 Å². The first-order valence-corrected chi connectivity index (χ1v) is 8.64. The van der Waals surface area contributed by atoms with Gasteiger partial charge in [0.1, 0.15) is 12.4 Å². The zero-order chi connectivity index (χ0) is 18.9. The lowest BCUT2D eigenvalue weighted by molar-refractivity contribution is -0.114. The summed E-state index contributed by atoms with van der Waals surface area (Å²) in [6.07, 6.45) is 0.702. The fourth-order valence-electron chi connectivity index (χ4n) is 2.27. The molecule has 0 radical (unpaired) electrons. The number of anilines is 1. The molecule has 2 amide bonds. The zero-order valence-corrected chi connectivity index (χ0v) is 15.3. The van der Waals surface area contributed by atoms with Gasteiger partial charge < -0.3 is 21.1 Å². The average Bonchev–Trinajstić information content (AvgIpc) is 2.60. The summed E-state index contributed by atoms with van der Waals surface area (Å²) in [5.41, 5.74) is 7.25. The van der Waals surface area contributed by atoms with Crippen LogP contribution >= 0.6 is 11.6 Å². The quantitative estimate of drug-likeness (QED) is 0.618. The average molecular weight is 376 g/mol. The lowest BCUT2D eigenvalue weighted by Crippen LogP contribution is -2.26. The van der Waals surface area contributed by atoms with E-state index >= 15 is 0 Å². The number of amides is 2. The van der Waals surface area contributed by atoms with Crippen molar-refractivity contribution in [1.29, 1.82) is 0 Å². The van der Waals surface area contributed by atoms with Crippen LogP contribution in [0.5, 0.6) is 5.75 Å². The molecule has 0 aromatic heterocycles. The number of nitrogens with two attached hydrogens (primary N) is 1. The SMILES string of the molecule is CC(=O)Nc1ccc(C(=O)NCCCN)cc1OCc1cccc(Cl)c1. The van der Waals surface area contributed by atoms with E-state index in [4.69, 9.17) is 22.1 Å². The number of ether oxygens (including phenoxy) is 1. The van der Waals surface area contributed by atoms with Crippen LogP contribution in [0.4, 0.5) is 5.69 Å². The van der Waals surface area contributed by atoms with Crippen molar-refractivity contribution in [2.45, 2.75) is 20.0 Å². The summed E-state index contributed by atoms with van der Waals surface area (Å²) < 4.78 is 5.82. The summed E-state index contributed by atoms with van der Waals surface area (Å²) in [5.74, 6) is -0.0372. The molecule has 0 heterocycles. The van der Waals surface area contributed by atoms with Crippen molar-refractivity contribution in [3.05, 3.63) is 58.6 Å². The maximum Gasteiger partial charge on any atom is 0.251 e. The highest BCUT2D eigenvalue weighted by Crippen LogP contribution is 2.27.